The van der Waals surface area contributed by atoms with Crippen molar-refractivity contribution in [1.29, 1.82) is 0 Å². The third-order valence-electron chi connectivity index (χ3n) is 2.72. The van der Waals surface area contributed by atoms with E-state index >= 15 is 0 Å². The average Bonchev–Trinajstić information content (AvgIpc) is 2.14. The van der Waals surface area contributed by atoms with Gasteiger partial charge in [0.15, 0.2) is 0 Å². The largest absolute Gasteiger partial charge is 0.481 e. The van der Waals surface area contributed by atoms with Crippen LogP contribution in [0.1, 0.15) is 25.7 Å². The van der Waals surface area contributed by atoms with Crippen LogP contribution >= 0.6 is 0 Å². The van der Waals surface area contributed by atoms with Crippen LogP contribution < -0.4 is 10.6 Å². The molecule has 0 aliphatic heterocycles. The van der Waals surface area contributed by atoms with E-state index in [2.05, 4.69) is 16.6 Å². The summed E-state index contributed by atoms with van der Waals surface area (Å²) in [4.78, 5) is 22.1. The van der Waals surface area contributed by atoms with Crippen molar-refractivity contribution >= 4 is 11.9 Å². The molecule has 0 atom stereocenters. The maximum Gasteiger partial charge on any atom is 0.305 e. The minimum Gasteiger partial charge on any atom is -0.481 e. The lowest BCUT2D eigenvalue weighted by atomic mass is 9.74. The van der Waals surface area contributed by atoms with Crippen molar-refractivity contribution in [2.24, 2.45) is 0 Å². The number of terminal acetylenes is 1. The van der Waals surface area contributed by atoms with E-state index in [0.717, 1.165) is 19.3 Å². The van der Waals surface area contributed by atoms with Gasteiger partial charge in [-0.25, -0.2) is 0 Å². The van der Waals surface area contributed by atoms with Gasteiger partial charge in [0.25, 0.3) is 0 Å². The number of carboxylic acid groups (broad SMARTS) is 1. The third-order valence-corrected chi connectivity index (χ3v) is 2.72. The van der Waals surface area contributed by atoms with Crippen LogP contribution in [0, 0.1) is 12.3 Å². The molecule has 1 aliphatic carbocycles. The van der Waals surface area contributed by atoms with E-state index in [1.165, 1.54) is 0 Å². The molecule has 1 saturated carbocycles. The molecule has 1 fully saturated rings. The smallest absolute Gasteiger partial charge is 0.305 e. The molecule has 0 aromatic rings. The molecule has 5 heteroatoms. The maximum atomic E-state index is 11.5. The van der Waals surface area contributed by atoms with Gasteiger partial charge in [0.05, 0.1) is 25.0 Å². The van der Waals surface area contributed by atoms with Crippen LogP contribution in [0.25, 0.3) is 0 Å². The Bertz CT molecular complexity index is 316. The molecule has 1 amide bonds. The minimum atomic E-state index is -0.878. The fraction of sp³-hybridized carbons (Fsp3) is 0.636. The lowest BCUT2D eigenvalue weighted by Crippen LogP contribution is -2.56. The van der Waals surface area contributed by atoms with Gasteiger partial charge in [0, 0.05) is 0 Å². The van der Waals surface area contributed by atoms with Gasteiger partial charge in [0.1, 0.15) is 0 Å². The van der Waals surface area contributed by atoms with Crippen molar-refractivity contribution < 1.29 is 14.7 Å². The van der Waals surface area contributed by atoms with Gasteiger partial charge in [0.2, 0.25) is 5.91 Å². The molecule has 1 aliphatic rings. The van der Waals surface area contributed by atoms with Crippen molar-refractivity contribution in [2.45, 2.75) is 31.2 Å². The zero-order valence-corrected chi connectivity index (χ0v) is 9.08. The summed E-state index contributed by atoms with van der Waals surface area (Å²) in [7, 11) is 0. The standard InChI is InChI=1S/C11H16N2O3/c1-2-6-12-8-9(14)13-11(4-3-5-11)7-10(15)16/h1,12H,3-8H2,(H,13,14)(H,15,16). The SMILES string of the molecule is C#CCNCC(=O)NC1(CC(=O)O)CCC1. The zero-order chi connectivity index (χ0) is 12.0. The van der Waals surface area contributed by atoms with Crippen LogP contribution in [0.4, 0.5) is 0 Å². The predicted molar refractivity (Wildman–Crippen MR) is 58.7 cm³/mol. The number of hydrogen-bond donors (Lipinski definition) is 3. The maximum absolute atomic E-state index is 11.5. The molecule has 0 aromatic carbocycles. The molecular weight excluding hydrogens is 208 g/mol. The van der Waals surface area contributed by atoms with E-state index in [1.54, 1.807) is 0 Å². The summed E-state index contributed by atoms with van der Waals surface area (Å²) in [5.41, 5.74) is -0.527. The number of hydrogen-bond acceptors (Lipinski definition) is 3. The van der Waals surface area contributed by atoms with Crippen molar-refractivity contribution in [1.82, 2.24) is 10.6 Å². The summed E-state index contributed by atoms with van der Waals surface area (Å²) in [6, 6.07) is 0. The van der Waals surface area contributed by atoms with Crippen molar-refractivity contribution in [3.05, 3.63) is 0 Å². The Labute approximate surface area is 94.6 Å². The molecule has 0 unspecified atom stereocenters. The number of rotatable bonds is 6. The Kier molecular flexibility index (Phi) is 4.32. The van der Waals surface area contributed by atoms with Crippen molar-refractivity contribution in [2.75, 3.05) is 13.1 Å². The molecule has 88 valence electrons. The zero-order valence-electron chi connectivity index (χ0n) is 9.08. The van der Waals surface area contributed by atoms with Gasteiger partial charge < -0.3 is 10.4 Å². The quantitative estimate of drug-likeness (QED) is 0.428. The van der Waals surface area contributed by atoms with Gasteiger partial charge >= 0.3 is 5.97 Å². The highest BCUT2D eigenvalue weighted by atomic mass is 16.4. The molecular formula is C11H16N2O3. The summed E-state index contributed by atoms with van der Waals surface area (Å²) in [5, 5.41) is 14.3. The highest BCUT2D eigenvalue weighted by Crippen LogP contribution is 2.34. The molecule has 16 heavy (non-hydrogen) atoms. The summed E-state index contributed by atoms with van der Waals surface area (Å²) in [5.74, 6) is 1.28. The topological polar surface area (TPSA) is 78.4 Å². The second-order valence-corrected chi connectivity index (χ2v) is 4.06. The van der Waals surface area contributed by atoms with E-state index in [0.29, 0.717) is 6.54 Å². The highest BCUT2D eigenvalue weighted by molar-refractivity contribution is 5.80. The van der Waals surface area contributed by atoms with Crippen LogP contribution in [0.5, 0.6) is 0 Å². The first kappa shape index (κ1) is 12.5. The Morgan fingerprint density at radius 2 is 2.12 bits per heavy atom. The summed E-state index contributed by atoms with van der Waals surface area (Å²) in [6.45, 7) is 0.463. The normalized spacial score (nSPS) is 16.9. The number of aliphatic carboxylic acids is 1. The molecule has 0 saturated heterocycles. The van der Waals surface area contributed by atoms with Gasteiger partial charge in [-0.05, 0) is 19.3 Å². The number of carbonyl (C=O) groups is 2. The van der Waals surface area contributed by atoms with Gasteiger partial charge in [-0.3, -0.25) is 14.9 Å². The molecule has 0 spiro atoms. The minimum absolute atomic E-state index is 0.00607. The van der Waals surface area contributed by atoms with Crippen LogP contribution in [0.15, 0.2) is 0 Å². The fourth-order valence-electron chi connectivity index (χ4n) is 1.83. The van der Waals surface area contributed by atoms with Crippen molar-refractivity contribution in [3.8, 4) is 12.3 Å². The number of amides is 1. The molecule has 0 bridgehead atoms. The first-order valence-electron chi connectivity index (χ1n) is 5.25. The first-order valence-corrected chi connectivity index (χ1v) is 5.25. The number of nitrogens with one attached hydrogen (secondary N) is 2. The Hall–Kier alpha value is -1.54. The van der Waals surface area contributed by atoms with Gasteiger partial charge in [-0.2, -0.15) is 0 Å². The van der Waals surface area contributed by atoms with Crippen LogP contribution in [0.3, 0.4) is 0 Å². The molecule has 3 N–H and O–H groups in total. The molecule has 5 nitrogen and oxygen atoms in total. The lowest BCUT2D eigenvalue weighted by Gasteiger charge is -2.41. The summed E-state index contributed by atoms with van der Waals surface area (Å²) >= 11 is 0. The fourth-order valence-corrected chi connectivity index (χ4v) is 1.83. The Balaban J connectivity index is 2.35. The number of carboxylic acids is 1. The first-order chi connectivity index (χ1) is 7.58. The summed E-state index contributed by atoms with van der Waals surface area (Å²) < 4.78 is 0. The van der Waals surface area contributed by atoms with E-state index in [4.69, 9.17) is 11.5 Å². The van der Waals surface area contributed by atoms with E-state index in [-0.39, 0.29) is 18.9 Å². The Morgan fingerprint density at radius 3 is 2.56 bits per heavy atom. The van der Waals surface area contributed by atoms with Crippen molar-refractivity contribution in [3.63, 3.8) is 0 Å². The highest BCUT2D eigenvalue weighted by Gasteiger charge is 2.40. The monoisotopic (exact) mass is 224 g/mol. The Morgan fingerprint density at radius 1 is 1.44 bits per heavy atom. The summed E-state index contributed by atoms with van der Waals surface area (Å²) in [6.07, 6.45) is 7.45. The van der Waals surface area contributed by atoms with E-state index in [9.17, 15) is 9.59 Å². The molecule has 0 aromatic heterocycles. The van der Waals surface area contributed by atoms with Gasteiger partial charge in [-0.15, -0.1) is 6.42 Å². The third kappa shape index (κ3) is 3.55. The van der Waals surface area contributed by atoms with Gasteiger partial charge in [-0.1, -0.05) is 5.92 Å². The van der Waals surface area contributed by atoms with E-state index in [1.807, 2.05) is 0 Å². The molecule has 0 heterocycles. The second kappa shape index (κ2) is 5.52. The average molecular weight is 224 g/mol. The molecule has 1 rings (SSSR count). The van der Waals surface area contributed by atoms with Crippen LogP contribution in [-0.4, -0.2) is 35.6 Å². The predicted octanol–water partition coefficient (Wildman–Crippen LogP) is -0.277. The second-order valence-electron chi connectivity index (χ2n) is 4.06. The van der Waals surface area contributed by atoms with Crippen LogP contribution in [0.2, 0.25) is 0 Å². The molecule has 0 radical (unpaired) electrons. The van der Waals surface area contributed by atoms with Crippen LogP contribution in [-0.2, 0) is 9.59 Å². The van der Waals surface area contributed by atoms with E-state index < -0.39 is 11.5 Å². The lowest BCUT2D eigenvalue weighted by molar-refractivity contribution is -0.140. The number of carbonyl (C=O) groups excluding carboxylic acids is 1.